The third-order valence-electron chi connectivity index (χ3n) is 2.84. The SMILES string of the molecule is COc1cc(/C=C/C=C\c2ccccc2)oc(=O)c1C. The Morgan fingerprint density at radius 2 is 1.80 bits per heavy atom. The Labute approximate surface area is 117 Å². The smallest absolute Gasteiger partial charge is 0.342 e. The van der Waals surface area contributed by atoms with Gasteiger partial charge in [0.05, 0.1) is 12.7 Å². The van der Waals surface area contributed by atoms with E-state index in [1.165, 1.54) is 7.11 Å². The molecule has 0 saturated carbocycles. The number of hydrogen-bond donors (Lipinski definition) is 0. The minimum Gasteiger partial charge on any atom is -0.496 e. The molecule has 1 aromatic carbocycles. The summed E-state index contributed by atoms with van der Waals surface area (Å²) in [5.41, 5.74) is 1.21. The van der Waals surface area contributed by atoms with Crippen LogP contribution >= 0.6 is 0 Å². The third-order valence-corrected chi connectivity index (χ3v) is 2.84. The van der Waals surface area contributed by atoms with E-state index in [1.807, 2.05) is 48.6 Å². The van der Waals surface area contributed by atoms with Crippen molar-refractivity contribution in [2.24, 2.45) is 0 Å². The minimum absolute atomic E-state index is 0.379. The lowest BCUT2D eigenvalue weighted by Crippen LogP contribution is -2.05. The second kappa shape index (κ2) is 6.57. The second-order valence-corrected chi connectivity index (χ2v) is 4.26. The van der Waals surface area contributed by atoms with Crippen LogP contribution in [0.3, 0.4) is 0 Å². The molecule has 0 atom stereocenters. The Morgan fingerprint density at radius 1 is 1.10 bits per heavy atom. The largest absolute Gasteiger partial charge is 0.496 e. The van der Waals surface area contributed by atoms with Gasteiger partial charge in [0.15, 0.2) is 0 Å². The lowest BCUT2D eigenvalue weighted by molar-refractivity contribution is 0.395. The van der Waals surface area contributed by atoms with Crippen molar-refractivity contribution in [2.45, 2.75) is 6.92 Å². The molecular weight excluding hydrogens is 252 g/mol. The van der Waals surface area contributed by atoms with Crippen LogP contribution in [-0.4, -0.2) is 7.11 Å². The molecular formula is C17H16O3. The molecule has 102 valence electrons. The van der Waals surface area contributed by atoms with Crippen LogP contribution in [0.2, 0.25) is 0 Å². The van der Waals surface area contributed by atoms with Crippen molar-refractivity contribution in [3.63, 3.8) is 0 Å². The Bertz CT molecular complexity index is 679. The van der Waals surface area contributed by atoms with Gasteiger partial charge in [0, 0.05) is 6.07 Å². The van der Waals surface area contributed by atoms with Crippen LogP contribution in [0.25, 0.3) is 12.2 Å². The zero-order valence-electron chi connectivity index (χ0n) is 11.5. The fourth-order valence-electron chi connectivity index (χ4n) is 1.73. The van der Waals surface area contributed by atoms with Gasteiger partial charge in [-0.05, 0) is 18.6 Å². The van der Waals surface area contributed by atoms with Gasteiger partial charge in [0.2, 0.25) is 0 Å². The molecule has 0 bridgehead atoms. The molecule has 1 aromatic heterocycles. The van der Waals surface area contributed by atoms with Gasteiger partial charge in [0.1, 0.15) is 11.5 Å². The van der Waals surface area contributed by atoms with Gasteiger partial charge in [0.25, 0.3) is 0 Å². The predicted molar refractivity (Wildman–Crippen MR) is 80.8 cm³/mol. The number of ether oxygens (including phenoxy) is 1. The van der Waals surface area contributed by atoms with Gasteiger partial charge < -0.3 is 9.15 Å². The first-order chi connectivity index (χ1) is 9.70. The maximum Gasteiger partial charge on any atom is 0.342 e. The van der Waals surface area contributed by atoms with Crippen LogP contribution in [0.5, 0.6) is 5.75 Å². The van der Waals surface area contributed by atoms with E-state index in [2.05, 4.69) is 0 Å². The van der Waals surface area contributed by atoms with Crippen molar-refractivity contribution < 1.29 is 9.15 Å². The first kappa shape index (κ1) is 13.9. The highest BCUT2D eigenvalue weighted by molar-refractivity contribution is 5.55. The fourth-order valence-corrected chi connectivity index (χ4v) is 1.73. The monoisotopic (exact) mass is 268 g/mol. The summed E-state index contributed by atoms with van der Waals surface area (Å²) in [7, 11) is 1.53. The highest BCUT2D eigenvalue weighted by Crippen LogP contribution is 2.16. The summed E-state index contributed by atoms with van der Waals surface area (Å²) in [4.78, 5) is 11.6. The summed E-state index contributed by atoms with van der Waals surface area (Å²) in [6, 6.07) is 11.7. The molecule has 0 amide bonds. The normalized spacial score (nSPS) is 11.3. The molecule has 2 aromatic rings. The molecule has 2 rings (SSSR count). The average Bonchev–Trinajstić information content (AvgIpc) is 2.48. The van der Waals surface area contributed by atoms with Crippen molar-refractivity contribution in [1.82, 2.24) is 0 Å². The number of methoxy groups -OCH3 is 1. The molecule has 3 heteroatoms. The van der Waals surface area contributed by atoms with E-state index in [9.17, 15) is 4.79 Å². The summed E-state index contributed by atoms with van der Waals surface area (Å²) >= 11 is 0. The van der Waals surface area contributed by atoms with Crippen molar-refractivity contribution in [3.05, 3.63) is 75.9 Å². The van der Waals surface area contributed by atoms with Crippen LogP contribution in [0.4, 0.5) is 0 Å². The zero-order chi connectivity index (χ0) is 14.4. The quantitative estimate of drug-likeness (QED) is 0.794. The van der Waals surface area contributed by atoms with E-state index in [0.29, 0.717) is 17.1 Å². The Hall–Kier alpha value is -2.55. The van der Waals surface area contributed by atoms with Crippen LogP contribution in [-0.2, 0) is 0 Å². The second-order valence-electron chi connectivity index (χ2n) is 4.26. The van der Waals surface area contributed by atoms with Gasteiger partial charge in [-0.1, -0.05) is 48.6 Å². The lowest BCUT2D eigenvalue weighted by Gasteiger charge is -2.02. The van der Waals surface area contributed by atoms with E-state index < -0.39 is 0 Å². The van der Waals surface area contributed by atoms with E-state index in [1.54, 1.807) is 19.1 Å². The molecule has 0 radical (unpaired) electrons. The van der Waals surface area contributed by atoms with Crippen molar-refractivity contribution in [3.8, 4) is 5.75 Å². The number of benzene rings is 1. The summed E-state index contributed by atoms with van der Waals surface area (Å²) in [6.45, 7) is 1.67. The van der Waals surface area contributed by atoms with E-state index >= 15 is 0 Å². The van der Waals surface area contributed by atoms with E-state index in [-0.39, 0.29) is 5.63 Å². The van der Waals surface area contributed by atoms with Gasteiger partial charge in [-0.25, -0.2) is 4.79 Å². The predicted octanol–water partition coefficient (Wildman–Crippen LogP) is 3.68. The molecule has 0 aliphatic rings. The van der Waals surface area contributed by atoms with Crippen LogP contribution < -0.4 is 10.4 Å². The fraction of sp³-hybridized carbons (Fsp3) is 0.118. The van der Waals surface area contributed by atoms with E-state index in [0.717, 1.165) is 5.56 Å². The summed E-state index contributed by atoms with van der Waals surface area (Å²) < 4.78 is 10.3. The molecule has 1 heterocycles. The van der Waals surface area contributed by atoms with Gasteiger partial charge >= 0.3 is 5.63 Å². The summed E-state index contributed by atoms with van der Waals surface area (Å²) in [6.07, 6.45) is 7.41. The molecule has 0 fully saturated rings. The van der Waals surface area contributed by atoms with Crippen molar-refractivity contribution in [1.29, 1.82) is 0 Å². The van der Waals surface area contributed by atoms with Crippen LogP contribution in [0.15, 0.2) is 57.8 Å². The Balaban J connectivity index is 2.14. The lowest BCUT2D eigenvalue weighted by atomic mass is 10.2. The summed E-state index contributed by atoms with van der Waals surface area (Å²) in [5, 5.41) is 0. The molecule has 3 nitrogen and oxygen atoms in total. The first-order valence-electron chi connectivity index (χ1n) is 6.29. The molecule has 20 heavy (non-hydrogen) atoms. The van der Waals surface area contributed by atoms with Crippen LogP contribution in [0, 0.1) is 6.92 Å². The molecule has 0 aliphatic carbocycles. The van der Waals surface area contributed by atoms with Gasteiger partial charge in [-0.2, -0.15) is 0 Å². The Morgan fingerprint density at radius 3 is 2.50 bits per heavy atom. The van der Waals surface area contributed by atoms with Crippen molar-refractivity contribution >= 4 is 12.2 Å². The molecule has 0 spiro atoms. The number of hydrogen-bond acceptors (Lipinski definition) is 3. The first-order valence-corrected chi connectivity index (χ1v) is 6.29. The minimum atomic E-state index is -0.379. The third kappa shape index (κ3) is 3.48. The highest BCUT2D eigenvalue weighted by Gasteiger charge is 2.05. The average molecular weight is 268 g/mol. The zero-order valence-corrected chi connectivity index (χ0v) is 11.5. The Kier molecular flexibility index (Phi) is 4.56. The standard InChI is InChI=1S/C17H16O3/c1-13-16(19-2)12-15(20-17(13)18)11-7-6-10-14-8-4-3-5-9-14/h3-12H,1-2H3/b10-6-,11-7+. The number of rotatable bonds is 4. The van der Waals surface area contributed by atoms with E-state index in [4.69, 9.17) is 9.15 Å². The maximum absolute atomic E-state index is 11.6. The maximum atomic E-state index is 11.6. The van der Waals surface area contributed by atoms with Crippen LogP contribution in [0.1, 0.15) is 16.9 Å². The van der Waals surface area contributed by atoms with Gasteiger partial charge in [-0.15, -0.1) is 0 Å². The molecule has 0 saturated heterocycles. The topological polar surface area (TPSA) is 39.4 Å². The molecule has 0 N–H and O–H groups in total. The highest BCUT2D eigenvalue weighted by atomic mass is 16.5. The van der Waals surface area contributed by atoms with Crippen molar-refractivity contribution in [2.75, 3.05) is 7.11 Å². The number of allylic oxidation sites excluding steroid dienone is 2. The molecule has 0 aliphatic heterocycles. The molecule has 0 unspecified atom stereocenters. The van der Waals surface area contributed by atoms with Gasteiger partial charge in [-0.3, -0.25) is 0 Å². The summed E-state index contributed by atoms with van der Waals surface area (Å²) in [5.74, 6) is 1.00.